The summed E-state index contributed by atoms with van der Waals surface area (Å²) in [6.45, 7) is 7.09. The molecule has 2 nitrogen and oxygen atoms in total. The SMILES string of the molecule is C=CC(N)C(C)(O)CC. The fourth-order valence-electron chi connectivity index (χ4n) is 0.490. The number of nitrogens with two attached hydrogens (primary N) is 1. The maximum absolute atomic E-state index is 9.40. The van der Waals surface area contributed by atoms with Crippen molar-refractivity contribution >= 4 is 0 Å². The summed E-state index contributed by atoms with van der Waals surface area (Å²) < 4.78 is 0. The lowest BCUT2D eigenvalue weighted by atomic mass is 9.95. The number of aliphatic hydroxyl groups is 1. The molecule has 0 rings (SSSR count). The fourth-order valence-corrected chi connectivity index (χ4v) is 0.490. The van der Waals surface area contributed by atoms with E-state index < -0.39 is 5.60 Å². The number of rotatable bonds is 3. The Morgan fingerprint density at radius 3 is 2.44 bits per heavy atom. The summed E-state index contributed by atoms with van der Waals surface area (Å²) in [6.07, 6.45) is 2.21. The van der Waals surface area contributed by atoms with Gasteiger partial charge < -0.3 is 10.8 Å². The fraction of sp³-hybridized carbons (Fsp3) is 0.714. The van der Waals surface area contributed by atoms with E-state index in [0.717, 1.165) is 0 Å². The van der Waals surface area contributed by atoms with Gasteiger partial charge in [0.25, 0.3) is 0 Å². The van der Waals surface area contributed by atoms with Crippen LogP contribution >= 0.6 is 0 Å². The Labute approximate surface area is 56.4 Å². The molecule has 0 spiro atoms. The van der Waals surface area contributed by atoms with Crippen LogP contribution in [0.2, 0.25) is 0 Å². The molecule has 0 radical (unpaired) electrons. The highest BCUT2D eigenvalue weighted by molar-refractivity contribution is 4.95. The predicted molar refractivity (Wildman–Crippen MR) is 39.1 cm³/mol. The molecule has 0 aliphatic rings. The molecule has 0 aliphatic heterocycles. The first-order valence-corrected chi connectivity index (χ1v) is 3.15. The van der Waals surface area contributed by atoms with Crippen LogP contribution in [0.25, 0.3) is 0 Å². The van der Waals surface area contributed by atoms with Gasteiger partial charge in [0.05, 0.1) is 11.6 Å². The molecule has 0 aliphatic carbocycles. The molecule has 0 bridgehead atoms. The van der Waals surface area contributed by atoms with Crippen molar-refractivity contribution in [2.24, 2.45) is 5.73 Å². The maximum Gasteiger partial charge on any atom is 0.0802 e. The quantitative estimate of drug-likeness (QED) is 0.550. The normalized spacial score (nSPS) is 20.4. The van der Waals surface area contributed by atoms with Crippen LogP contribution in [0.5, 0.6) is 0 Å². The van der Waals surface area contributed by atoms with Crippen LogP contribution in [-0.4, -0.2) is 16.7 Å². The summed E-state index contributed by atoms with van der Waals surface area (Å²) in [7, 11) is 0. The summed E-state index contributed by atoms with van der Waals surface area (Å²) in [5, 5.41) is 9.40. The largest absolute Gasteiger partial charge is 0.388 e. The summed E-state index contributed by atoms with van der Waals surface area (Å²) in [4.78, 5) is 0. The van der Waals surface area contributed by atoms with Gasteiger partial charge in [-0.05, 0) is 13.3 Å². The van der Waals surface area contributed by atoms with Gasteiger partial charge in [0.15, 0.2) is 0 Å². The lowest BCUT2D eigenvalue weighted by molar-refractivity contribution is 0.0434. The molecular weight excluding hydrogens is 114 g/mol. The molecule has 0 heterocycles. The Bertz CT molecular complexity index is 99.1. The third-order valence-electron chi connectivity index (χ3n) is 1.69. The van der Waals surface area contributed by atoms with Crippen molar-refractivity contribution in [1.82, 2.24) is 0 Å². The average molecular weight is 129 g/mol. The van der Waals surface area contributed by atoms with Crippen LogP contribution < -0.4 is 5.73 Å². The van der Waals surface area contributed by atoms with E-state index in [2.05, 4.69) is 6.58 Å². The highest BCUT2D eigenvalue weighted by Gasteiger charge is 2.23. The minimum absolute atomic E-state index is 0.317. The smallest absolute Gasteiger partial charge is 0.0802 e. The summed E-state index contributed by atoms with van der Waals surface area (Å²) in [6, 6.07) is -0.317. The lowest BCUT2D eigenvalue weighted by Crippen LogP contribution is -2.43. The molecule has 0 aromatic heterocycles. The van der Waals surface area contributed by atoms with Crippen molar-refractivity contribution in [2.75, 3.05) is 0 Å². The van der Waals surface area contributed by atoms with Gasteiger partial charge in [0.1, 0.15) is 0 Å². The first-order valence-electron chi connectivity index (χ1n) is 3.15. The van der Waals surface area contributed by atoms with E-state index in [4.69, 9.17) is 5.73 Å². The van der Waals surface area contributed by atoms with Crippen LogP contribution in [0.1, 0.15) is 20.3 Å². The Morgan fingerprint density at radius 1 is 1.89 bits per heavy atom. The van der Waals surface area contributed by atoms with Gasteiger partial charge in [-0.1, -0.05) is 13.0 Å². The predicted octanol–water partition coefficient (Wildman–Crippen LogP) is 0.661. The van der Waals surface area contributed by atoms with E-state index in [1.54, 1.807) is 13.0 Å². The lowest BCUT2D eigenvalue weighted by Gasteiger charge is -2.25. The Morgan fingerprint density at radius 2 is 2.33 bits per heavy atom. The first-order chi connectivity index (χ1) is 4.04. The second-order valence-corrected chi connectivity index (χ2v) is 2.47. The molecule has 0 aromatic rings. The zero-order chi connectivity index (χ0) is 7.49. The maximum atomic E-state index is 9.40. The highest BCUT2D eigenvalue weighted by Crippen LogP contribution is 2.12. The summed E-state index contributed by atoms with van der Waals surface area (Å²) >= 11 is 0. The van der Waals surface area contributed by atoms with E-state index >= 15 is 0 Å². The molecule has 54 valence electrons. The van der Waals surface area contributed by atoms with Crippen LogP contribution in [0, 0.1) is 0 Å². The third-order valence-corrected chi connectivity index (χ3v) is 1.69. The van der Waals surface area contributed by atoms with Gasteiger partial charge in [-0.2, -0.15) is 0 Å². The van der Waals surface area contributed by atoms with E-state index in [1.807, 2.05) is 6.92 Å². The second kappa shape index (κ2) is 2.99. The van der Waals surface area contributed by atoms with Crippen molar-refractivity contribution in [3.05, 3.63) is 12.7 Å². The van der Waals surface area contributed by atoms with Gasteiger partial charge in [-0.25, -0.2) is 0 Å². The van der Waals surface area contributed by atoms with E-state index in [1.165, 1.54) is 0 Å². The van der Waals surface area contributed by atoms with Crippen molar-refractivity contribution in [3.8, 4) is 0 Å². The molecule has 0 saturated carbocycles. The van der Waals surface area contributed by atoms with Gasteiger partial charge >= 0.3 is 0 Å². The Balaban J connectivity index is 3.95. The van der Waals surface area contributed by atoms with Crippen molar-refractivity contribution in [3.63, 3.8) is 0 Å². The number of hydrogen-bond donors (Lipinski definition) is 2. The zero-order valence-corrected chi connectivity index (χ0v) is 6.09. The highest BCUT2D eigenvalue weighted by atomic mass is 16.3. The zero-order valence-electron chi connectivity index (χ0n) is 6.09. The van der Waals surface area contributed by atoms with Crippen LogP contribution in [0.3, 0.4) is 0 Å². The van der Waals surface area contributed by atoms with Gasteiger partial charge in [-0.3, -0.25) is 0 Å². The van der Waals surface area contributed by atoms with E-state index in [0.29, 0.717) is 6.42 Å². The third kappa shape index (κ3) is 2.16. The van der Waals surface area contributed by atoms with Crippen LogP contribution in [-0.2, 0) is 0 Å². The molecule has 2 unspecified atom stereocenters. The van der Waals surface area contributed by atoms with Gasteiger partial charge in [-0.15, -0.1) is 6.58 Å². The minimum atomic E-state index is -0.790. The molecule has 2 atom stereocenters. The van der Waals surface area contributed by atoms with E-state index in [-0.39, 0.29) is 6.04 Å². The molecule has 3 N–H and O–H groups in total. The Kier molecular flexibility index (Phi) is 2.88. The summed E-state index contributed by atoms with van der Waals surface area (Å²) in [5.41, 5.74) is 4.70. The molecule has 0 amide bonds. The molecule has 9 heavy (non-hydrogen) atoms. The standard InChI is InChI=1S/C7H15NO/c1-4-6(8)7(3,9)5-2/h4,6,9H,1,5,8H2,2-3H3. The monoisotopic (exact) mass is 129 g/mol. The molecule has 0 aromatic carbocycles. The Hall–Kier alpha value is -0.340. The first kappa shape index (κ1) is 8.66. The van der Waals surface area contributed by atoms with Crippen LogP contribution in [0.15, 0.2) is 12.7 Å². The topological polar surface area (TPSA) is 46.2 Å². The minimum Gasteiger partial charge on any atom is -0.388 e. The van der Waals surface area contributed by atoms with E-state index in [9.17, 15) is 5.11 Å². The van der Waals surface area contributed by atoms with Crippen LogP contribution in [0.4, 0.5) is 0 Å². The van der Waals surface area contributed by atoms with Crippen molar-refractivity contribution in [2.45, 2.75) is 31.9 Å². The van der Waals surface area contributed by atoms with Gasteiger partial charge in [0, 0.05) is 0 Å². The average Bonchev–Trinajstić information content (AvgIpc) is 1.86. The molecule has 0 fully saturated rings. The molecular formula is C7H15NO. The van der Waals surface area contributed by atoms with Gasteiger partial charge in [0.2, 0.25) is 0 Å². The molecule has 0 saturated heterocycles. The van der Waals surface area contributed by atoms with Crippen molar-refractivity contribution in [1.29, 1.82) is 0 Å². The summed E-state index contributed by atoms with van der Waals surface area (Å²) in [5.74, 6) is 0. The molecule has 2 heteroatoms. The second-order valence-electron chi connectivity index (χ2n) is 2.47. The number of hydrogen-bond acceptors (Lipinski definition) is 2. The van der Waals surface area contributed by atoms with Crippen molar-refractivity contribution < 1.29 is 5.11 Å².